The molecule has 0 bridgehead atoms. The fraction of sp³-hybridized carbons (Fsp3) is 0.455. The van der Waals surface area contributed by atoms with Crippen molar-refractivity contribution >= 4 is 27.9 Å². The van der Waals surface area contributed by atoms with Gasteiger partial charge in [0.2, 0.25) is 0 Å². The molecule has 2 atom stereocenters. The lowest BCUT2D eigenvalue weighted by atomic mass is 10.2. The Labute approximate surface area is 98.9 Å². The van der Waals surface area contributed by atoms with Gasteiger partial charge in [-0.05, 0) is 31.5 Å². The van der Waals surface area contributed by atoms with Crippen molar-refractivity contribution in [2.45, 2.75) is 19.4 Å². The van der Waals surface area contributed by atoms with E-state index in [1.54, 1.807) is 12.3 Å². The molecular weight excluding hydrogens is 222 g/mol. The lowest BCUT2D eigenvalue weighted by Gasteiger charge is -2.15. The van der Waals surface area contributed by atoms with E-state index < -0.39 is 10.8 Å². The lowest BCUT2D eigenvalue weighted by Crippen LogP contribution is -2.18. The Kier molecular flexibility index (Phi) is 4.61. The van der Waals surface area contributed by atoms with Gasteiger partial charge in [-0.15, -0.1) is 0 Å². The smallest absolute Gasteiger partial charge is 0.0568 e. The van der Waals surface area contributed by atoms with Gasteiger partial charge in [-0.25, -0.2) is 0 Å². The molecule has 0 aliphatic carbocycles. The third-order valence-corrected chi connectivity index (χ3v) is 3.15. The van der Waals surface area contributed by atoms with E-state index in [9.17, 15) is 4.21 Å². The zero-order chi connectivity index (χ0) is 12.1. The van der Waals surface area contributed by atoms with Crippen LogP contribution in [0.2, 0.25) is 0 Å². The van der Waals surface area contributed by atoms with Gasteiger partial charge in [0.05, 0.1) is 11.4 Å². The van der Waals surface area contributed by atoms with Crippen LogP contribution in [0.25, 0.3) is 0 Å². The van der Waals surface area contributed by atoms with Crippen LogP contribution in [0.3, 0.4) is 0 Å². The Balaban J connectivity index is 2.52. The minimum atomic E-state index is -0.737. The maximum absolute atomic E-state index is 10.9. The molecule has 4 nitrogen and oxygen atoms in total. The maximum Gasteiger partial charge on any atom is 0.0568 e. The number of rotatable bonds is 5. The SMILES string of the molecule is CC(CCS(C)=O)Nc1ccc(N)c(N)c1. The molecule has 0 radical (unpaired) electrons. The number of nitrogen functional groups attached to an aromatic ring is 2. The number of nitrogens with two attached hydrogens (primary N) is 2. The van der Waals surface area contributed by atoms with E-state index in [-0.39, 0.29) is 6.04 Å². The zero-order valence-electron chi connectivity index (χ0n) is 9.69. The van der Waals surface area contributed by atoms with Crippen molar-refractivity contribution in [1.82, 2.24) is 0 Å². The molecule has 1 rings (SSSR count). The first-order valence-corrected chi connectivity index (χ1v) is 6.93. The summed E-state index contributed by atoms with van der Waals surface area (Å²) < 4.78 is 10.9. The van der Waals surface area contributed by atoms with Crippen molar-refractivity contribution in [3.8, 4) is 0 Å². The molecule has 0 aromatic heterocycles. The average Bonchev–Trinajstić information content (AvgIpc) is 2.21. The number of nitrogens with one attached hydrogen (secondary N) is 1. The van der Waals surface area contributed by atoms with Crippen LogP contribution in [-0.4, -0.2) is 22.3 Å². The molecule has 90 valence electrons. The quantitative estimate of drug-likeness (QED) is 0.681. The summed E-state index contributed by atoms with van der Waals surface area (Å²) in [6.45, 7) is 2.05. The highest BCUT2D eigenvalue weighted by Gasteiger charge is 2.04. The first-order chi connectivity index (χ1) is 7.49. The Morgan fingerprint density at radius 1 is 1.38 bits per heavy atom. The highest BCUT2D eigenvalue weighted by atomic mass is 32.2. The van der Waals surface area contributed by atoms with Crippen LogP contribution in [0.1, 0.15) is 13.3 Å². The van der Waals surface area contributed by atoms with E-state index in [1.807, 2.05) is 12.1 Å². The number of hydrogen-bond acceptors (Lipinski definition) is 4. The van der Waals surface area contributed by atoms with Gasteiger partial charge >= 0.3 is 0 Å². The van der Waals surface area contributed by atoms with Crippen LogP contribution in [0.15, 0.2) is 18.2 Å². The molecule has 5 N–H and O–H groups in total. The third-order valence-electron chi connectivity index (χ3n) is 2.34. The Morgan fingerprint density at radius 3 is 2.62 bits per heavy atom. The van der Waals surface area contributed by atoms with E-state index in [4.69, 9.17) is 11.5 Å². The molecule has 0 amide bonds. The van der Waals surface area contributed by atoms with Crippen LogP contribution in [0, 0.1) is 0 Å². The lowest BCUT2D eigenvalue weighted by molar-refractivity contribution is 0.678. The predicted octanol–water partition coefficient (Wildman–Crippen LogP) is 1.42. The first kappa shape index (κ1) is 12.8. The largest absolute Gasteiger partial charge is 0.397 e. The van der Waals surface area contributed by atoms with Gasteiger partial charge in [-0.1, -0.05) is 0 Å². The van der Waals surface area contributed by atoms with Gasteiger partial charge in [0.1, 0.15) is 0 Å². The fourth-order valence-electron chi connectivity index (χ4n) is 1.36. The van der Waals surface area contributed by atoms with Crippen molar-refractivity contribution in [3.05, 3.63) is 18.2 Å². The zero-order valence-corrected chi connectivity index (χ0v) is 10.5. The van der Waals surface area contributed by atoms with Crippen LogP contribution in [-0.2, 0) is 10.8 Å². The monoisotopic (exact) mass is 241 g/mol. The molecule has 1 aromatic rings. The first-order valence-electron chi connectivity index (χ1n) is 5.20. The summed E-state index contributed by atoms with van der Waals surface area (Å²) in [5, 5.41) is 3.30. The summed E-state index contributed by atoms with van der Waals surface area (Å²) in [6, 6.07) is 5.76. The topological polar surface area (TPSA) is 81.1 Å². The normalized spacial score (nSPS) is 14.4. The highest BCUT2D eigenvalue weighted by Crippen LogP contribution is 2.20. The molecule has 16 heavy (non-hydrogen) atoms. The van der Waals surface area contributed by atoms with Crippen molar-refractivity contribution in [1.29, 1.82) is 0 Å². The molecule has 0 aliphatic rings. The average molecular weight is 241 g/mol. The number of benzene rings is 1. The van der Waals surface area contributed by atoms with Crippen molar-refractivity contribution in [2.24, 2.45) is 0 Å². The Hall–Kier alpha value is -1.23. The second kappa shape index (κ2) is 5.75. The minimum Gasteiger partial charge on any atom is -0.397 e. The van der Waals surface area contributed by atoms with Crippen molar-refractivity contribution in [3.63, 3.8) is 0 Å². The maximum atomic E-state index is 10.9. The Bertz CT molecular complexity index is 381. The van der Waals surface area contributed by atoms with Gasteiger partial charge in [0.25, 0.3) is 0 Å². The summed E-state index contributed by atoms with van der Waals surface area (Å²) in [4.78, 5) is 0. The highest BCUT2D eigenvalue weighted by molar-refractivity contribution is 7.84. The number of hydrogen-bond donors (Lipinski definition) is 3. The molecule has 5 heteroatoms. The fourth-order valence-corrected chi connectivity index (χ4v) is 2.05. The molecule has 0 saturated carbocycles. The molecule has 0 spiro atoms. The van der Waals surface area contributed by atoms with Gasteiger partial charge in [0, 0.05) is 34.5 Å². The van der Waals surface area contributed by atoms with E-state index in [0.717, 1.165) is 12.1 Å². The third kappa shape index (κ3) is 4.10. The van der Waals surface area contributed by atoms with Gasteiger partial charge in [0.15, 0.2) is 0 Å². The predicted molar refractivity (Wildman–Crippen MR) is 71.9 cm³/mol. The molecule has 0 heterocycles. The van der Waals surface area contributed by atoms with Gasteiger partial charge < -0.3 is 16.8 Å². The minimum absolute atomic E-state index is 0.270. The molecule has 0 aliphatic heterocycles. The molecule has 1 aromatic carbocycles. The molecule has 0 fully saturated rings. The molecular formula is C11H19N3OS. The van der Waals surface area contributed by atoms with Gasteiger partial charge in [-0.2, -0.15) is 0 Å². The molecule has 0 saturated heterocycles. The summed E-state index contributed by atoms with van der Waals surface area (Å²) in [5.74, 6) is 0.707. The summed E-state index contributed by atoms with van der Waals surface area (Å²) in [5.41, 5.74) is 13.4. The second-order valence-corrected chi connectivity index (χ2v) is 5.51. The summed E-state index contributed by atoms with van der Waals surface area (Å²) in [6.07, 6.45) is 2.58. The second-order valence-electron chi connectivity index (χ2n) is 3.96. The van der Waals surface area contributed by atoms with Crippen LogP contribution in [0.5, 0.6) is 0 Å². The van der Waals surface area contributed by atoms with Crippen LogP contribution >= 0.6 is 0 Å². The molecule has 2 unspecified atom stereocenters. The standard InChI is InChI=1S/C11H19N3OS/c1-8(5-6-16(2)15)14-9-3-4-10(12)11(13)7-9/h3-4,7-8,14H,5-6,12-13H2,1-2H3. The van der Waals surface area contributed by atoms with Crippen LogP contribution < -0.4 is 16.8 Å². The summed E-state index contributed by atoms with van der Waals surface area (Å²) in [7, 11) is -0.737. The van der Waals surface area contributed by atoms with Crippen LogP contribution in [0.4, 0.5) is 17.1 Å². The Morgan fingerprint density at radius 2 is 2.06 bits per heavy atom. The van der Waals surface area contributed by atoms with Gasteiger partial charge in [-0.3, -0.25) is 4.21 Å². The number of anilines is 3. The van der Waals surface area contributed by atoms with E-state index in [2.05, 4.69) is 12.2 Å². The van der Waals surface area contributed by atoms with Crippen molar-refractivity contribution in [2.75, 3.05) is 28.8 Å². The van der Waals surface area contributed by atoms with E-state index in [0.29, 0.717) is 17.1 Å². The van der Waals surface area contributed by atoms with Crippen molar-refractivity contribution < 1.29 is 4.21 Å². The van der Waals surface area contributed by atoms with E-state index >= 15 is 0 Å². The summed E-state index contributed by atoms with van der Waals surface area (Å²) >= 11 is 0. The van der Waals surface area contributed by atoms with E-state index in [1.165, 1.54) is 0 Å².